The molecule has 0 amide bonds. The molecule has 0 aromatic heterocycles. The molecule has 0 saturated heterocycles. The summed E-state index contributed by atoms with van der Waals surface area (Å²) < 4.78 is 3.92. The Labute approximate surface area is 51.1 Å². The highest BCUT2D eigenvalue weighted by Crippen LogP contribution is 1.74. The van der Waals surface area contributed by atoms with E-state index in [-0.39, 0.29) is 12.7 Å². The maximum absolute atomic E-state index is 9.61. The Morgan fingerprint density at radius 1 is 1.67 bits per heavy atom. The van der Waals surface area contributed by atoms with Crippen molar-refractivity contribution in [2.45, 2.75) is 0 Å². The fourth-order valence-electron chi connectivity index (χ4n) is 0.162. The molecule has 0 aliphatic carbocycles. The van der Waals surface area contributed by atoms with Crippen LogP contribution < -0.4 is 11.5 Å². The summed E-state index contributed by atoms with van der Waals surface area (Å²) in [6.07, 6.45) is -1.40. The summed E-state index contributed by atoms with van der Waals surface area (Å²) in [4.78, 5) is 12.8. The van der Waals surface area contributed by atoms with Crippen LogP contribution in [0.3, 0.4) is 0 Å². The summed E-state index contributed by atoms with van der Waals surface area (Å²) in [5.74, 6) is -0.198. The standard InChI is InChI=1S/C3H7N3O3/c4-2(5)6-1-9-3(7)8/h1H2,(H,7,8)(H4,4,5,6). The number of nitrogens with zero attached hydrogens (tertiary/aromatic N) is 1. The largest absolute Gasteiger partial charge is 0.507 e. The second-order valence-electron chi connectivity index (χ2n) is 1.12. The third-order valence-corrected chi connectivity index (χ3v) is 0.435. The molecule has 0 aliphatic heterocycles. The van der Waals surface area contributed by atoms with Gasteiger partial charge in [-0.05, 0) is 0 Å². The molecule has 0 unspecified atom stereocenters. The monoisotopic (exact) mass is 133 g/mol. The Morgan fingerprint density at radius 2 is 2.22 bits per heavy atom. The van der Waals surface area contributed by atoms with Crippen LogP contribution in [0.1, 0.15) is 0 Å². The van der Waals surface area contributed by atoms with Crippen molar-refractivity contribution >= 4 is 12.1 Å². The van der Waals surface area contributed by atoms with Gasteiger partial charge in [0.25, 0.3) is 0 Å². The van der Waals surface area contributed by atoms with E-state index in [1.54, 1.807) is 0 Å². The normalized spacial score (nSPS) is 8.00. The third kappa shape index (κ3) is 6.54. The lowest BCUT2D eigenvalue weighted by Crippen LogP contribution is -2.23. The lowest BCUT2D eigenvalue weighted by molar-refractivity contribution is 0.0946. The van der Waals surface area contributed by atoms with E-state index in [2.05, 4.69) is 9.73 Å². The molecule has 0 fully saturated rings. The molecule has 6 heteroatoms. The van der Waals surface area contributed by atoms with Crippen molar-refractivity contribution in [3.63, 3.8) is 0 Å². The Hall–Kier alpha value is -1.46. The molecular formula is C3H7N3O3. The van der Waals surface area contributed by atoms with Gasteiger partial charge in [0.15, 0.2) is 12.7 Å². The Balaban J connectivity index is 3.31. The van der Waals surface area contributed by atoms with Gasteiger partial charge >= 0.3 is 6.16 Å². The SMILES string of the molecule is NC(N)=NCOC(=O)O. The van der Waals surface area contributed by atoms with Crippen molar-refractivity contribution in [2.75, 3.05) is 6.73 Å². The molecule has 52 valence electrons. The van der Waals surface area contributed by atoms with E-state index in [0.29, 0.717) is 0 Å². The van der Waals surface area contributed by atoms with E-state index in [9.17, 15) is 4.79 Å². The average molecular weight is 133 g/mol. The van der Waals surface area contributed by atoms with Gasteiger partial charge in [-0.25, -0.2) is 9.79 Å². The highest BCUT2D eigenvalue weighted by Gasteiger charge is 1.91. The molecule has 0 bridgehead atoms. The first kappa shape index (κ1) is 7.54. The molecule has 0 aromatic rings. The lowest BCUT2D eigenvalue weighted by Gasteiger charge is -1.92. The van der Waals surface area contributed by atoms with E-state index in [0.717, 1.165) is 0 Å². The van der Waals surface area contributed by atoms with Crippen LogP contribution >= 0.6 is 0 Å². The minimum atomic E-state index is -1.40. The van der Waals surface area contributed by atoms with Gasteiger partial charge in [-0.1, -0.05) is 0 Å². The number of carbonyl (C=O) groups is 1. The maximum atomic E-state index is 9.61. The van der Waals surface area contributed by atoms with E-state index in [4.69, 9.17) is 16.6 Å². The Bertz CT molecular complexity index is 128. The van der Waals surface area contributed by atoms with Gasteiger partial charge in [0.2, 0.25) is 0 Å². The zero-order valence-electron chi connectivity index (χ0n) is 4.57. The van der Waals surface area contributed by atoms with E-state index >= 15 is 0 Å². The van der Waals surface area contributed by atoms with E-state index < -0.39 is 6.16 Å². The predicted octanol–water partition coefficient (Wildman–Crippen LogP) is -1.09. The van der Waals surface area contributed by atoms with Gasteiger partial charge < -0.3 is 21.3 Å². The summed E-state index contributed by atoms with van der Waals surface area (Å²) in [5.41, 5.74) is 9.67. The molecule has 9 heavy (non-hydrogen) atoms. The zero-order valence-corrected chi connectivity index (χ0v) is 4.57. The summed E-state index contributed by atoms with van der Waals surface area (Å²) in [5, 5.41) is 7.85. The molecule has 0 spiro atoms. The van der Waals surface area contributed by atoms with Crippen LogP contribution in [0.15, 0.2) is 4.99 Å². The fourth-order valence-corrected chi connectivity index (χ4v) is 0.162. The summed E-state index contributed by atoms with van der Waals surface area (Å²) in [7, 11) is 0. The molecule has 0 atom stereocenters. The van der Waals surface area contributed by atoms with Crippen molar-refractivity contribution < 1.29 is 14.6 Å². The Kier molecular flexibility index (Phi) is 2.96. The van der Waals surface area contributed by atoms with Crippen molar-refractivity contribution in [2.24, 2.45) is 16.5 Å². The third-order valence-electron chi connectivity index (χ3n) is 0.435. The molecule has 0 radical (unpaired) electrons. The molecule has 0 aromatic carbocycles. The van der Waals surface area contributed by atoms with Crippen molar-refractivity contribution in [1.82, 2.24) is 0 Å². The number of hydrogen-bond donors (Lipinski definition) is 3. The van der Waals surface area contributed by atoms with Crippen LogP contribution in [0.2, 0.25) is 0 Å². The first-order valence-electron chi connectivity index (χ1n) is 2.04. The van der Waals surface area contributed by atoms with Crippen LogP contribution in [0.5, 0.6) is 0 Å². The minimum Gasteiger partial charge on any atom is -0.450 e. The van der Waals surface area contributed by atoms with Crippen LogP contribution in [-0.4, -0.2) is 24.0 Å². The first-order chi connectivity index (χ1) is 4.13. The number of nitrogens with two attached hydrogens (primary N) is 2. The van der Waals surface area contributed by atoms with Crippen LogP contribution in [0.4, 0.5) is 4.79 Å². The highest BCUT2D eigenvalue weighted by molar-refractivity contribution is 5.75. The number of ether oxygens (including phenoxy) is 1. The molecule has 0 heterocycles. The number of aliphatic imine (C=N–C) groups is 1. The second kappa shape index (κ2) is 3.53. The minimum absolute atomic E-state index is 0.198. The maximum Gasteiger partial charge on any atom is 0.507 e. The highest BCUT2D eigenvalue weighted by atomic mass is 16.7. The number of hydrogen-bond acceptors (Lipinski definition) is 3. The van der Waals surface area contributed by atoms with Crippen molar-refractivity contribution in [3.05, 3.63) is 0 Å². The van der Waals surface area contributed by atoms with Gasteiger partial charge in [-0.2, -0.15) is 0 Å². The van der Waals surface area contributed by atoms with Gasteiger partial charge in [-0.15, -0.1) is 0 Å². The van der Waals surface area contributed by atoms with Crippen LogP contribution in [-0.2, 0) is 4.74 Å². The van der Waals surface area contributed by atoms with Crippen molar-refractivity contribution in [3.8, 4) is 0 Å². The van der Waals surface area contributed by atoms with Gasteiger partial charge in [-0.3, -0.25) is 0 Å². The predicted molar refractivity (Wildman–Crippen MR) is 29.8 cm³/mol. The quantitative estimate of drug-likeness (QED) is 0.252. The zero-order chi connectivity index (χ0) is 7.28. The van der Waals surface area contributed by atoms with Gasteiger partial charge in [0, 0.05) is 0 Å². The Morgan fingerprint density at radius 3 is 2.56 bits per heavy atom. The first-order valence-corrected chi connectivity index (χ1v) is 2.04. The summed E-state index contributed by atoms with van der Waals surface area (Å²) in [6, 6.07) is 0. The molecule has 0 aliphatic rings. The number of carboxylic acid groups (broad SMARTS) is 1. The van der Waals surface area contributed by atoms with Crippen molar-refractivity contribution in [1.29, 1.82) is 0 Å². The number of rotatable bonds is 2. The lowest BCUT2D eigenvalue weighted by atomic mass is 11.0. The van der Waals surface area contributed by atoms with E-state index in [1.165, 1.54) is 0 Å². The van der Waals surface area contributed by atoms with Gasteiger partial charge in [0.1, 0.15) is 0 Å². The second-order valence-corrected chi connectivity index (χ2v) is 1.12. The molecular weight excluding hydrogens is 126 g/mol. The molecule has 6 nitrogen and oxygen atoms in total. The average Bonchev–Trinajstić information content (AvgIpc) is 1.63. The molecule has 5 N–H and O–H groups in total. The molecule has 0 rings (SSSR count). The summed E-state index contributed by atoms with van der Waals surface area (Å²) in [6.45, 7) is -0.350. The van der Waals surface area contributed by atoms with Gasteiger partial charge in [0.05, 0.1) is 0 Å². The van der Waals surface area contributed by atoms with E-state index in [1.807, 2.05) is 0 Å². The van der Waals surface area contributed by atoms with Crippen LogP contribution in [0, 0.1) is 0 Å². The topological polar surface area (TPSA) is 111 Å². The smallest absolute Gasteiger partial charge is 0.450 e. The molecule has 0 saturated carbocycles. The van der Waals surface area contributed by atoms with Crippen LogP contribution in [0.25, 0.3) is 0 Å². The summed E-state index contributed by atoms with van der Waals surface area (Å²) >= 11 is 0. The fraction of sp³-hybridized carbons (Fsp3) is 0.333. The number of guanidine groups is 1.